The number of hydrogen-bond acceptors (Lipinski definition) is 5. The van der Waals surface area contributed by atoms with Crippen molar-refractivity contribution in [2.75, 3.05) is 26.7 Å². The largest absolute Gasteiger partial charge is 0.359 e. The number of aromatic nitrogens is 1. The molecular weight excluding hydrogens is 485 g/mol. The van der Waals surface area contributed by atoms with Crippen molar-refractivity contribution in [1.29, 1.82) is 0 Å². The Hall–Kier alpha value is -1.13. The number of guanidine groups is 1. The smallest absolute Gasteiger partial charge is 0.191 e. The summed E-state index contributed by atoms with van der Waals surface area (Å²) in [5.41, 5.74) is 0.989. The van der Waals surface area contributed by atoms with Crippen molar-refractivity contribution < 1.29 is 4.52 Å². The van der Waals surface area contributed by atoms with Gasteiger partial charge in [0.05, 0.1) is 12.2 Å². The third-order valence-electron chi connectivity index (χ3n) is 4.94. The molecule has 0 radical (unpaired) electrons. The standard InChI is InChI=1S/C20H31N5OS.HI/c1-15(2)19-10-17(26-24-19)12-23-20(21-3)22-11-16-6-4-8-25(13-16)14-18-7-5-9-27-18;/h5,7,9-10,15-16H,4,6,8,11-14H2,1-3H3,(H2,21,22,23);1H. The monoisotopic (exact) mass is 517 g/mol. The van der Waals surface area contributed by atoms with Crippen LogP contribution in [0.25, 0.3) is 0 Å². The number of aliphatic imine (C=N–C) groups is 1. The van der Waals surface area contributed by atoms with Crippen LogP contribution in [-0.4, -0.2) is 42.7 Å². The van der Waals surface area contributed by atoms with Gasteiger partial charge in [-0.1, -0.05) is 25.1 Å². The summed E-state index contributed by atoms with van der Waals surface area (Å²) in [7, 11) is 1.80. The minimum Gasteiger partial charge on any atom is -0.359 e. The summed E-state index contributed by atoms with van der Waals surface area (Å²) in [4.78, 5) is 8.35. The molecule has 156 valence electrons. The van der Waals surface area contributed by atoms with Crippen molar-refractivity contribution in [1.82, 2.24) is 20.7 Å². The fraction of sp³-hybridized carbons (Fsp3) is 0.600. The Morgan fingerprint density at radius 1 is 1.43 bits per heavy atom. The first-order valence-corrected chi connectivity index (χ1v) is 10.7. The first-order valence-electron chi connectivity index (χ1n) is 9.78. The Morgan fingerprint density at radius 2 is 2.29 bits per heavy atom. The average Bonchev–Trinajstić information content (AvgIpc) is 3.34. The second-order valence-electron chi connectivity index (χ2n) is 7.50. The SMILES string of the molecule is CN=C(NCc1cc(C(C)C)no1)NCC1CCCN(Cc2cccs2)C1.I. The highest BCUT2D eigenvalue weighted by Gasteiger charge is 2.20. The lowest BCUT2D eigenvalue weighted by atomic mass is 9.98. The van der Waals surface area contributed by atoms with Gasteiger partial charge < -0.3 is 15.2 Å². The van der Waals surface area contributed by atoms with Crippen LogP contribution in [0.2, 0.25) is 0 Å². The highest BCUT2D eigenvalue weighted by Crippen LogP contribution is 2.20. The number of hydrogen-bond donors (Lipinski definition) is 2. The number of nitrogens with one attached hydrogen (secondary N) is 2. The zero-order valence-electron chi connectivity index (χ0n) is 17.0. The van der Waals surface area contributed by atoms with Gasteiger partial charge in [-0.05, 0) is 42.7 Å². The molecule has 0 spiro atoms. The molecule has 6 nitrogen and oxygen atoms in total. The molecule has 0 aliphatic carbocycles. The number of rotatable bonds is 7. The first kappa shape index (κ1) is 23.2. The van der Waals surface area contributed by atoms with Gasteiger partial charge in [0.25, 0.3) is 0 Å². The van der Waals surface area contributed by atoms with E-state index in [0.29, 0.717) is 18.4 Å². The van der Waals surface area contributed by atoms with Crippen molar-refractivity contribution >= 4 is 41.3 Å². The maximum absolute atomic E-state index is 5.38. The molecule has 3 heterocycles. The van der Waals surface area contributed by atoms with Crippen LogP contribution in [0.1, 0.15) is 48.9 Å². The summed E-state index contributed by atoms with van der Waals surface area (Å²) in [6.07, 6.45) is 2.53. The van der Waals surface area contributed by atoms with Gasteiger partial charge in [-0.3, -0.25) is 9.89 Å². The zero-order valence-corrected chi connectivity index (χ0v) is 20.1. The predicted octanol–water partition coefficient (Wildman–Crippen LogP) is 4.05. The summed E-state index contributed by atoms with van der Waals surface area (Å²) in [5.74, 6) is 2.67. The van der Waals surface area contributed by atoms with E-state index in [1.165, 1.54) is 24.3 Å². The molecule has 1 unspecified atom stereocenters. The van der Waals surface area contributed by atoms with E-state index < -0.39 is 0 Å². The molecule has 1 aliphatic rings. The van der Waals surface area contributed by atoms with Crippen LogP contribution in [0.3, 0.4) is 0 Å². The van der Waals surface area contributed by atoms with Crippen LogP contribution < -0.4 is 10.6 Å². The van der Waals surface area contributed by atoms with Crippen LogP contribution in [0.4, 0.5) is 0 Å². The van der Waals surface area contributed by atoms with Crippen molar-refractivity contribution in [3.05, 3.63) is 39.9 Å². The number of thiophene rings is 1. The molecule has 1 atom stereocenters. The van der Waals surface area contributed by atoms with E-state index in [1.807, 2.05) is 17.4 Å². The van der Waals surface area contributed by atoms with Crippen molar-refractivity contribution in [3.8, 4) is 0 Å². The van der Waals surface area contributed by atoms with Crippen molar-refractivity contribution in [3.63, 3.8) is 0 Å². The molecule has 2 aromatic rings. The molecule has 2 aromatic heterocycles. The second kappa shape index (κ2) is 11.8. The minimum atomic E-state index is 0. The van der Waals surface area contributed by atoms with Gasteiger partial charge in [0, 0.05) is 37.6 Å². The molecule has 0 saturated carbocycles. The Bertz CT molecular complexity index is 716. The van der Waals surface area contributed by atoms with Gasteiger partial charge in [-0.15, -0.1) is 35.3 Å². The second-order valence-corrected chi connectivity index (χ2v) is 8.53. The molecule has 1 fully saturated rings. The van der Waals surface area contributed by atoms with Gasteiger partial charge >= 0.3 is 0 Å². The maximum atomic E-state index is 5.38. The van der Waals surface area contributed by atoms with Gasteiger partial charge in [0.15, 0.2) is 11.7 Å². The van der Waals surface area contributed by atoms with Gasteiger partial charge in [-0.25, -0.2) is 0 Å². The predicted molar refractivity (Wildman–Crippen MR) is 127 cm³/mol. The van der Waals surface area contributed by atoms with E-state index >= 15 is 0 Å². The Labute approximate surface area is 189 Å². The van der Waals surface area contributed by atoms with E-state index in [-0.39, 0.29) is 24.0 Å². The third-order valence-corrected chi connectivity index (χ3v) is 5.80. The molecular formula is C20H32IN5OS. The molecule has 0 bridgehead atoms. The normalized spacial score (nSPS) is 18.1. The molecule has 8 heteroatoms. The molecule has 0 amide bonds. The van der Waals surface area contributed by atoms with E-state index in [2.05, 4.69) is 57.0 Å². The molecule has 3 rings (SSSR count). The summed E-state index contributed by atoms with van der Waals surface area (Å²) in [6.45, 7) is 9.17. The lowest BCUT2D eigenvalue weighted by Crippen LogP contribution is -2.44. The lowest BCUT2D eigenvalue weighted by Gasteiger charge is -2.32. The van der Waals surface area contributed by atoms with E-state index in [9.17, 15) is 0 Å². The first-order chi connectivity index (χ1) is 13.1. The molecule has 28 heavy (non-hydrogen) atoms. The van der Waals surface area contributed by atoms with E-state index in [4.69, 9.17) is 4.52 Å². The van der Waals surface area contributed by atoms with Crippen LogP contribution >= 0.6 is 35.3 Å². The van der Waals surface area contributed by atoms with E-state index in [0.717, 1.165) is 37.0 Å². The quantitative estimate of drug-likeness (QED) is 0.330. The number of halogens is 1. The summed E-state index contributed by atoms with van der Waals surface area (Å²) in [5, 5.41) is 13.0. The van der Waals surface area contributed by atoms with Crippen LogP contribution in [0, 0.1) is 5.92 Å². The summed E-state index contributed by atoms with van der Waals surface area (Å²) >= 11 is 1.85. The van der Waals surface area contributed by atoms with Crippen LogP contribution in [-0.2, 0) is 13.1 Å². The van der Waals surface area contributed by atoms with Crippen molar-refractivity contribution in [2.45, 2.75) is 45.7 Å². The highest BCUT2D eigenvalue weighted by atomic mass is 127. The molecule has 2 N–H and O–H groups in total. The summed E-state index contributed by atoms with van der Waals surface area (Å²) < 4.78 is 5.38. The molecule has 1 saturated heterocycles. The Morgan fingerprint density at radius 3 is 2.96 bits per heavy atom. The summed E-state index contributed by atoms with van der Waals surface area (Å²) in [6, 6.07) is 6.37. The zero-order chi connectivity index (χ0) is 19.1. The lowest BCUT2D eigenvalue weighted by molar-refractivity contribution is 0.169. The van der Waals surface area contributed by atoms with E-state index in [1.54, 1.807) is 7.05 Å². The molecule has 1 aliphatic heterocycles. The third kappa shape index (κ3) is 7.04. The van der Waals surface area contributed by atoms with Gasteiger partial charge in [0.2, 0.25) is 0 Å². The maximum Gasteiger partial charge on any atom is 0.191 e. The van der Waals surface area contributed by atoms with Crippen LogP contribution in [0.5, 0.6) is 0 Å². The highest BCUT2D eigenvalue weighted by molar-refractivity contribution is 14.0. The minimum absolute atomic E-state index is 0. The Balaban J connectivity index is 0.00000280. The molecule has 0 aromatic carbocycles. The Kier molecular flexibility index (Phi) is 9.73. The topological polar surface area (TPSA) is 65.7 Å². The number of likely N-dealkylation sites (tertiary alicyclic amines) is 1. The van der Waals surface area contributed by atoms with Gasteiger partial charge in [0.1, 0.15) is 0 Å². The number of nitrogens with zero attached hydrogens (tertiary/aromatic N) is 3. The van der Waals surface area contributed by atoms with Crippen LogP contribution in [0.15, 0.2) is 33.1 Å². The fourth-order valence-corrected chi connectivity index (χ4v) is 4.15. The van der Waals surface area contributed by atoms with Gasteiger partial charge in [-0.2, -0.15) is 0 Å². The number of piperidine rings is 1. The average molecular weight is 517 g/mol. The van der Waals surface area contributed by atoms with Crippen molar-refractivity contribution in [2.24, 2.45) is 10.9 Å². The fourth-order valence-electron chi connectivity index (χ4n) is 3.40.